The smallest absolute Gasteiger partial charge is 0.254 e. The van der Waals surface area contributed by atoms with Crippen LogP contribution < -0.4 is 10.1 Å². The highest BCUT2D eigenvalue weighted by Gasteiger charge is 2.34. The molecule has 0 bridgehead atoms. The summed E-state index contributed by atoms with van der Waals surface area (Å²) in [7, 11) is 2.16. The average Bonchev–Trinajstić information content (AvgIpc) is 3.43. The van der Waals surface area contributed by atoms with Crippen molar-refractivity contribution in [2.75, 3.05) is 39.8 Å². The highest BCUT2D eigenvalue weighted by Crippen LogP contribution is 2.31. The van der Waals surface area contributed by atoms with Gasteiger partial charge in [0, 0.05) is 63.6 Å². The van der Waals surface area contributed by atoms with Crippen molar-refractivity contribution in [1.29, 1.82) is 0 Å². The summed E-state index contributed by atoms with van der Waals surface area (Å²) >= 11 is 0. The molecule has 180 valence electrons. The van der Waals surface area contributed by atoms with Crippen LogP contribution in [0.15, 0.2) is 30.5 Å². The van der Waals surface area contributed by atoms with Gasteiger partial charge in [-0.15, -0.1) is 0 Å². The minimum atomic E-state index is 0.174. The van der Waals surface area contributed by atoms with Crippen molar-refractivity contribution < 1.29 is 9.53 Å². The van der Waals surface area contributed by atoms with Crippen LogP contribution in [0, 0.1) is 0 Å². The standard InChI is InChI=1S/C27H35N5O2/c1-30-9-6-20-11-19(13-29-26(20)18-30)15-31-10-7-24(17-31)34-23-4-5-25-21(12-23)16-32(27(25)33)22-3-2-8-28-14-22/h4-5,11-13,22,24,28H,2-3,6-10,14-18H2,1H3/t22?,24-/m0/s1. The molecule has 0 saturated carbocycles. The molecule has 2 aromatic rings. The van der Waals surface area contributed by atoms with E-state index in [1.165, 1.54) is 16.8 Å². The van der Waals surface area contributed by atoms with Crippen molar-refractivity contribution in [3.8, 4) is 5.75 Å². The molecule has 7 heteroatoms. The van der Waals surface area contributed by atoms with Crippen molar-refractivity contribution in [3.05, 3.63) is 58.4 Å². The highest BCUT2D eigenvalue weighted by molar-refractivity contribution is 5.98. The van der Waals surface area contributed by atoms with Crippen LogP contribution in [0.5, 0.6) is 5.75 Å². The van der Waals surface area contributed by atoms with Gasteiger partial charge < -0.3 is 19.9 Å². The normalized spacial score (nSPS) is 25.4. The number of benzene rings is 1. The Hall–Kier alpha value is -2.48. The van der Waals surface area contributed by atoms with E-state index in [2.05, 4.69) is 40.5 Å². The van der Waals surface area contributed by atoms with E-state index in [1.807, 2.05) is 17.0 Å². The molecule has 0 aliphatic carbocycles. The minimum absolute atomic E-state index is 0.174. The maximum absolute atomic E-state index is 12.9. The molecule has 1 aromatic heterocycles. The van der Waals surface area contributed by atoms with Crippen LogP contribution in [-0.2, 0) is 26.1 Å². The highest BCUT2D eigenvalue weighted by atomic mass is 16.5. The van der Waals surface area contributed by atoms with Crippen LogP contribution in [0.3, 0.4) is 0 Å². The topological polar surface area (TPSA) is 60.9 Å². The van der Waals surface area contributed by atoms with Gasteiger partial charge in [0.1, 0.15) is 11.9 Å². The van der Waals surface area contributed by atoms with Crippen LogP contribution in [0.1, 0.15) is 52.0 Å². The zero-order valence-electron chi connectivity index (χ0n) is 20.1. The molecule has 1 amide bonds. The summed E-state index contributed by atoms with van der Waals surface area (Å²) < 4.78 is 6.38. The summed E-state index contributed by atoms with van der Waals surface area (Å²) in [6, 6.07) is 8.70. The molecule has 34 heavy (non-hydrogen) atoms. The maximum Gasteiger partial charge on any atom is 0.254 e. The number of fused-ring (bicyclic) bond motifs is 2. The molecule has 7 nitrogen and oxygen atoms in total. The van der Waals surface area contributed by atoms with Crippen LogP contribution in [-0.4, -0.2) is 77.5 Å². The van der Waals surface area contributed by atoms with E-state index < -0.39 is 0 Å². The van der Waals surface area contributed by atoms with E-state index in [1.54, 1.807) is 0 Å². The summed E-state index contributed by atoms with van der Waals surface area (Å²) in [6.45, 7) is 7.62. The number of hydrogen-bond donors (Lipinski definition) is 1. The first-order chi connectivity index (χ1) is 16.6. The third kappa shape index (κ3) is 4.44. The maximum atomic E-state index is 12.9. The molecular formula is C27H35N5O2. The Morgan fingerprint density at radius 2 is 2.09 bits per heavy atom. The number of rotatable bonds is 5. The Morgan fingerprint density at radius 1 is 1.15 bits per heavy atom. The summed E-state index contributed by atoms with van der Waals surface area (Å²) in [4.78, 5) is 24.5. The minimum Gasteiger partial charge on any atom is -0.489 e. The number of likely N-dealkylation sites (tertiary alicyclic amines) is 1. The van der Waals surface area contributed by atoms with Crippen molar-refractivity contribution >= 4 is 5.91 Å². The molecule has 2 saturated heterocycles. The number of nitrogens with zero attached hydrogens (tertiary/aromatic N) is 4. The Morgan fingerprint density at radius 3 is 2.97 bits per heavy atom. The molecular weight excluding hydrogens is 426 g/mol. The number of pyridine rings is 1. The molecule has 4 aliphatic rings. The molecule has 5 heterocycles. The molecule has 0 radical (unpaired) electrons. The number of ether oxygens (including phenoxy) is 1. The van der Waals surface area contributed by atoms with Gasteiger partial charge in [0.15, 0.2) is 0 Å². The molecule has 2 atom stereocenters. The number of likely N-dealkylation sites (N-methyl/N-ethyl adjacent to an activating group) is 1. The van der Waals surface area contributed by atoms with Crippen molar-refractivity contribution in [2.24, 2.45) is 0 Å². The van der Waals surface area contributed by atoms with E-state index >= 15 is 0 Å². The van der Waals surface area contributed by atoms with Crippen LogP contribution in [0.2, 0.25) is 0 Å². The van der Waals surface area contributed by atoms with Gasteiger partial charge in [-0.2, -0.15) is 0 Å². The Labute approximate surface area is 202 Å². The van der Waals surface area contributed by atoms with Gasteiger partial charge in [-0.25, -0.2) is 0 Å². The Kier molecular flexibility index (Phi) is 6.01. The van der Waals surface area contributed by atoms with E-state index in [0.717, 1.165) is 88.4 Å². The van der Waals surface area contributed by atoms with Gasteiger partial charge in [0.25, 0.3) is 5.91 Å². The number of carbonyl (C=O) groups is 1. The third-order valence-corrected chi connectivity index (χ3v) is 7.86. The monoisotopic (exact) mass is 461 g/mol. The van der Waals surface area contributed by atoms with Crippen molar-refractivity contribution in [2.45, 2.75) is 57.5 Å². The van der Waals surface area contributed by atoms with Crippen molar-refractivity contribution in [3.63, 3.8) is 0 Å². The fourth-order valence-corrected chi connectivity index (χ4v) is 5.95. The lowest BCUT2D eigenvalue weighted by Crippen LogP contribution is -2.46. The second kappa shape index (κ2) is 9.29. The third-order valence-electron chi connectivity index (χ3n) is 7.86. The number of amides is 1. The molecule has 4 aliphatic heterocycles. The van der Waals surface area contributed by atoms with E-state index in [0.29, 0.717) is 12.6 Å². The second-order valence-corrected chi connectivity index (χ2v) is 10.5. The molecule has 1 N–H and O–H groups in total. The number of carbonyl (C=O) groups excluding carboxylic acids is 1. The SMILES string of the molecule is CN1CCc2cc(CN3CC[C@H](Oc4ccc5c(c4)CN(C4CCCNC4)C5=O)C3)cnc2C1. The lowest BCUT2D eigenvalue weighted by atomic mass is 10.0. The molecule has 1 aromatic carbocycles. The molecule has 6 rings (SSSR count). The average molecular weight is 462 g/mol. The largest absolute Gasteiger partial charge is 0.489 e. The van der Waals surface area contributed by atoms with Gasteiger partial charge in [0.05, 0.1) is 5.69 Å². The van der Waals surface area contributed by atoms with E-state index in [4.69, 9.17) is 9.72 Å². The lowest BCUT2D eigenvalue weighted by Gasteiger charge is -2.31. The predicted octanol–water partition coefficient (Wildman–Crippen LogP) is 2.43. The van der Waals surface area contributed by atoms with Crippen LogP contribution in [0.25, 0.3) is 0 Å². The number of aromatic nitrogens is 1. The zero-order chi connectivity index (χ0) is 23.1. The van der Waals surface area contributed by atoms with Gasteiger partial charge >= 0.3 is 0 Å². The number of piperidine rings is 1. The molecule has 0 spiro atoms. The summed E-state index contributed by atoms with van der Waals surface area (Å²) in [5.41, 5.74) is 5.89. The predicted molar refractivity (Wildman–Crippen MR) is 131 cm³/mol. The fraction of sp³-hybridized carbons (Fsp3) is 0.556. The van der Waals surface area contributed by atoms with Gasteiger partial charge in [-0.3, -0.25) is 14.7 Å². The summed E-state index contributed by atoms with van der Waals surface area (Å²) in [6.07, 6.45) is 6.58. The quantitative estimate of drug-likeness (QED) is 0.738. The Bertz CT molecular complexity index is 1070. The zero-order valence-corrected chi connectivity index (χ0v) is 20.1. The van der Waals surface area contributed by atoms with Gasteiger partial charge in [-0.1, -0.05) is 6.07 Å². The van der Waals surface area contributed by atoms with Crippen LogP contribution >= 0.6 is 0 Å². The van der Waals surface area contributed by atoms with Gasteiger partial charge in [-0.05, 0) is 74.2 Å². The first kappa shape index (κ1) is 22.0. The summed E-state index contributed by atoms with van der Waals surface area (Å²) in [5, 5.41) is 3.43. The van der Waals surface area contributed by atoms with E-state index in [9.17, 15) is 4.79 Å². The van der Waals surface area contributed by atoms with E-state index in [-0.39, 0.29) is 12.0 Å². The van der Waals surface area contributed by atoms with Gasteiger partial charge in [0.2, 0.25) is 0 Å². The first-order valence-corrected chi connectivity index (χ1v) is 12.8. The number of nitrogens with one attached hydrogen (secondary N) is 1. The Balaban J connectivity index is 1.06. The molecule has 1 unspecified atom stereocenters. The fourth-order valence-electron chi connectivity index (χ4n) is 5.95. The summed E-state index contributed by atoms with van der Waals surface area (Å²) in [5.74, 6) is 1.06. The number of hydrogen-bond acceptors (Lipinski definition) is 6. The lowest BCUT2D eigenvalue weighted by molar-refractivity contribution is 0.0674. The molecule has 2 fully saturated rings. The van der Waals surface area contributed by atoms with Crippen LogP contribution in [0.4, 0.5) is 0 Å². The second-order valence-electron chi connectivity index (χ2n) is 10.5. The first-order valence-electron chi connectivity index (χ1n) is 12.8. The van der Waals surface area contributed by atoms with Crippen molar-refractivity contribution in [1.82, 2.24) is 25.0 Å².